The van der Waals surface area contributed by atoms with Crippen LogP contribution in [0.1, 0.15) is 56.6 Å². The van der Waals surface area contributed by atoms with E-state index in [4.69, 9.17) is 9.47 Å². The Balaban J connectivity index is 1.71. The van der Waals surface area contributed by atoms with Crippen LogP contribution in [0.25, 0.3) is 0 Å². The normalized spacial score (nSPS) is 14.4. The van der Waals surface area contributed by atoms with E-state index < -0.39 is 28.5 Å². The standard InChI is InChI=1S/C34H43N3O6S/c1-5-32(34(39)35-27-11-7-6-8-12-27)36(23-26-10-9-13-30(22-26)43-4)33(38)24-37(28-16-14-25(2)15-17-28)44(40,41)31-20-18-29(42-3)19-21-31/h9-10,13-22,27,32H,5-8,11-12,23-24H2,1-4H3,(H,35,39). The average molecular weight is 622 g/mol. The third-order valence-corrected chi connectivity index (χ3v) is 9.86. The third-order valence-electron chi connectivity index (χ3n) is 8.07. The number of carbonyl (C=O) groups is 2. The fraction of sp³-hybridized carbons (Fsp3) is 0.412. The summed E-state index contributed by atoms with van der Waals surface area (Å²) in [6.07, 6.45) is 5.46. The highest BCUT2D eigenvalue weighted by molar-refractivity contribution is 7.92. The molecule has 1 aliphatic rings. The van der Waals surface area contributed by atoms with Crippen molar-refractivity contribution in [2.24, 2.45) is 0 Å². The molecule has 1 unspecified atom stereocenters. The van der Waals surface area contributed by atoms with Crippen molar-refractivity contribution in [3.05, 3.63) is 83.9 Å². The van der Waals surface area contributed by atoms with Crippen molar-refractivity contribution >= 4 is 27.5 Å². The zero-order chi connectivity index (χ0) is 31.7. The smallest absolute Gasteiger partial charge is 0.264 e. The molecule has 3 aromatic carbocycles. The lowest BCUT2D eigenvalue weighted by Gasteiger charge is -2.34. The van der Waals surface area contributed by atoms with Gasteiger partial charge in [-0.15, -0.1) is 0 Å². The molecule has 9 nitrogen and oxygen atoms in total. The first-order chi connectivity index (χ1) is 21.2. The number of nitrogens with one attached hydrogen (secondary N) is 1. The molecule has 1 aliphatic carbocycles. The van der Waals surface area contributed by atoms with Gasteiger partial charge in [0.25, 0.3) is 10.0 Å². The van der Waals surface area contributed by atoms with Crippen molar-refractivity contribution in [1.29, 1.82) is 0 Å². The minimum atomic E-state index is -4.17. The number of hydrogen-bond acceptors (Lipinski definition) is 6. The van der Waals surface area contributed by atoms with Gasteiger partial charge in [-0.05, 0) is 80.3 Å². The number of nitrogens with zero attached hydrogens (tertiary/aromatic N) is 2. The highest BCUT2D eigenvalue weighted by Gasteiger charge is 2.34. The molecule has 2 amide bonds. The molecule has 0 radical (unpaired) electrons. The molecule has 0 saturated heterocycles. The zero-order valence-corrected chi connectivity index (χ0v) is 26.8. The van der Waals surface area contributed by atoms with Gasteiger partial charge in [-0.1, -0.05) is 56.0 Å². The fourth-order valence-corrected chi connectivity index (χ4v) is 6.96. The second-order valence-corrected chi connectivity index (χ2v) is 13.0. The molecule has 0 spiro atoms. The number of hydrogen-bond donors (Lipinski definition) is 1. The molecule has 1 atom stereocenters. The molecule has 4 rings (SSSR count). The number of ether oxygens (including phenoxy) is 2. The lowest BCUT2D eigenvalue weighted by atomic mass is 9.95. The van der Waals surface area contributed by atoms with Crippen molar-refractivity contribution in [3.63, 3.8) is 0 Å². The molecule has 44 heavy (non-hydrogen) atoms. The predicted octanol–water partition coefficient (Wildman–Crippen LogP) is 5.46. The van der Waals surface area contributed by atoms with E-state index in [-0.39, 0.29) is 23.4 Å². The van der Waals surface area contributed by atoms with Gasteiger partial charge in [0.2, 0.25) is 11.8 Å². The Hall–Kier alpha value is -4.05. The maximum Gasteiger partial charge on any atom is 0.264 e. The largest absolute Gasteiger partial charge is 0.497 e. The van der Waals surface area contributed by atoms with Crippen molar-refractivity contribution in [3.8, 4) is 11.5 Å². The van der Waals surface area contributed by atoms with Crippen molar-refractivity contribution in [1.82, 2.24) is 10.2 Å². The van der Waals surface area contributed by atoms with Gasteiger partial charge in [-0.25, -0.2) is 8.42 Å². The average Bonchev–Trinajstić information content (AvgIpc) is 3.04. The van der Waals surface area contributed by atoms with Crippen molar-refractivity contribution in [2.75, 3.05) is 25.1 Å². The molecule has 236 valence electrons. The van der Waals surface area contributed by atoms with E-state index in [9.17, 15) is 18.0 Å². The number of rotatable bonds is 13. The van der Waals surface area contributed by atoms with Gasteiger partial charge in [0.05, 0.1) is 24.8 Å². The van der Waals surface area contributed by atoms with Gasteiger partial charge in [0.15, 0.2) is 0 Å². The predicted molar refractivity (Wildman–Crippen MR) is 171 cm³/mol. The fourth-order valence-electron chi connectivity index (χ4n) is 5.55. The second-order valence-electron chi connectivity index (χ2n) is 11.2. The number of benzene rings is 3. The number of amides is 2. The molecule has 0 aromatic heterocycles. The number of anilines is 1. The molecule has 10 heteroatoms. The van der Waals surface area contributed by atoms with Crippen LogP contribution in [0.5, 0.6) is 11.5 Å². The van der Waals surface area contributed by atoms with Crippen LogP contribution in [0.15, 0.2) is 77.7 Å². The summed E-state index contributed by atoms with van der Waals surface area (Å²) in [6.45, 7) is 3.39. The van der Waals surface area contributed by atoms with E-state index >= 15 is 0 Å². The van der Waals surface area contributed by atoms with E-state index in [1.807, 2.05) is 38.1 Å². The van der Waals surface area contributed by atoms with E-state index in [0.717, 1.165) is 47.5 Å². The quantitative estimate of drug-likeness (QED) is 0.272. The summed E-state index contributed by atoms with van der Waals surface area (Å²) in [5.41, 5.74) is 2.06. The van der Waals surface area contributed by atoms with E-state index in [1.54, 1.807) is 43.5 Å². The Bertz CT molecular complexity index is 1500. The van der Waals surface area contributed by atoms with Crippen LogP contribution in [0.4, 0.5) is 5.69 Å². The van der Waals surface area contributed by atoms with Crippen molar-refractivity contribution < 1.29 is 27.5 Å². The van der Waals surface area contributed by atoms with E-state index in [2.05, 4.69) is 5.32 Å². The Morgan fingerprint density at radius 3 is 2.18 bits per heavy atom. The molecule has 1 saturated carbocycles. The molecule has 1 fully saturated rings. The monoisotopic (exact) mass is 621 g/mol. The topological polar surface area (TPSA) is 105 Å². The third kappa shape index (κ3) is 8.11. The lowest BCUT2D eigenvalue weighted by Crippen LogP contribution is -2.54. The summed E-state index contributed by atoms with van der Waals surface area (Å²) < 4.78 is 39.9. The summed E-state index contributed by atoms with van der Waals surface area (Å²) in [6, 6.07) is 19.6. The van der Waals surface area contributed by atoms with Crippen molar-refractivity contribution in [2.45, 2.75) is 75.9 Å². The van der Waals surface area contributed by atoms with Crippen LogP contribution in [0.3, 0.4) is 0 Å². The first-order valence-electron chi connectivity index (χ1n) is 15.1. The summed E-state index contributed by atoms with van der Waals surface area (Å²) in [4.78, 5) is 29.5. The van der Waals surface area contributed by atoms with E-state index in [0.29, 0.717) is 23.6 Å². The van der Waals surface area contributed by atoms with Crippen LogP contribution in [-0.2, 0) is 26.2 Å². The van der Waals surface area contributed by atoms with Crippen LogP contribution in [-0.4, -0.2) is 58.0 Å². The molecular weight excluding hydrogens is 578 g/mol. The van der Waals surface area contributed by atoms with Gasteiger partial charge < -0.3 is 19.7 Å². The van der Waals surface area contributed by atoms with Crippen LogP contribution in [0.2, 0.25) is 0 Å². The number of aryl methyl sites for hydroxylation is 1. The Kier molecular flexibility index (Phi) is 11.3. The first kappa shape index (κ1) is 32.9. The van der Waals surface area contributed by atoms with E-state index in [1.165, 1.54) is 24.1 Å². The highest BCUT2D eigenvalue weighted by atomic mass is 32.2. The van der Waals surface area contributed by atoms with Crippen LogP contribution >= 0.6 is 0 Å². The minimum Gasteiger partial charge on any atom is -0.497 e. The number of sulfonamides is 1. The SMILES string of the molecule is CCC(C(=O)NC1CCCCC1)N(Cc1cccc(OC)c1)C(=O)CN(c1ccc(C)cc1)S(=O)(=O)c1ccc(OC)cc1. The Labute approximate surface area is 261 Å². The Morgan fingerprint density at radius 1 is 0.909 bits per heavy atom. The van der Waals surface area contributed by atoms with Gasteiger partial charge in [0.1, 0.15) is 24.1 Å². The summed E-state index contributed by atoms with van der Waals surface area (Å²) >= 11 is 0. The van der Waals surface area contributed by atoms with Crippen LogP contribution < -0.4 is 19.1 Å². The molecule has 0 heterocycles. The zero-order valence-electron chi connectivity index (χ0n) is 26.0. The van der Waals surface area contributed by atoms with Gasteiger partial charge in [-0.2, -0.15) is 0 Å². The Morgan fingerprint density at radius 2 is 1.57 bits per heavy atom. The lowest BCUT2D eigenvalue weighted by molar-refractivity contribution is -0.140. The minimum absolute atomic E-state index is 0.0214. The summed E-state index contributed by atoms with van der Waals surface area (Å²) in [5, 5.41) is 3.17. The maximum atomic E-state index is 14.3. The van der Waals surface area contributed by atoms with Gasteiger partial charge in [-0.3, -0.25) is 13.9 Å². The van der Waals surface area contributed by atoms with Crippen LogP contribution in [0, 0.1) is 6.92 Å². The highest BCUT2D eigenvalue weighted by Crippen LogP contribution is 2.27. The summed E-state index contributed by atoms with van der Waals surface area (Å²) in [7, 11) is -1.10. The molecular formula is C34H43N3O6S. The van der Waals surface area contributed by atoms with Gasteiger partial charge in [0, 0.05) is 12.6 Å². The molecule has 1 N–H and O–H groups in total. The summed E-state index contributed by atoms with van der Waals surface area (Å²) in [5.74, 6) is 0.422. The molecule has 3 aromatic rings. The second kappa shape index (κ2) is 15.1. The van der Waals surface area contributed by atoms with Gasteiger partial charge >= 0.3 is 0 Å². The number of methoxy groups -OCH3 is 2. The maximum absolute atomic E-state index is 14.3. The molecule has 0 bridgehead atoms. The first-order valence-corrected chi connectivity index (χ1v) is 16.6. The number of carbonyl (C=O) groups excluding carboxylic acids is 2. The molecule has 0 aliphatic heterocycles.